The third kappa shape index (κ3) is 4.99. The molecule has 1 N–H and O–H groups in total. The predicted octanol–water partition coefficient (Wildman–Crippen LogP) is 4.76. The van der Waals surface area contributed by atoms with E-state index in [1.165, 1.54) is 57.9 Å². The van der Waals surface area contributed by atoms with E-state index in [1.807, 2.05) is 0 Å². The second-order valence-electron chi connectivity index (χ2n) is 6.53. The molecule has 0 radical (unpaired) electrons. The number of hydrogen-bond acceptors (Lipinski definition) is 1. The summed E-state index contributed by atoms with van der Waals surface area (Å²) < 4.78 is 0. The summed E-state index contributed by atoms with van der Waals surface area (Å²) >= 11 is 0. The van der Waals surface area contributed by atoms with Crippen molar-refractivity contribution in [1.29, 1.82) is 0 Å². The summed E-state index contributed by atoms with van der Waals surface area (Å²) in [4.78, 5) is 0. The Bertz CT molecular complexity index is 192. The molecule has 2 atom stereocenters. The molecule has 0 bridgehead atoms. The number of nitrogens with one attached hydrogen (secondary N) is 1. The van der Waals surface area contributed by atoms with Crippen LogP contribution in [0.15, 0.2) is 0 Å². The topological polar surface area (TPSA) is 12.0 Å². The molecule has 1 heterocycles. The number of unbranched alkanes of at least 4 members (excludes halogenated alkanes) is 1. The van der Waals surface area contributed by atoms with Crippen LogP contribution < -0.4 is 5.32 Å². The molecule has 2 unspecified atom stereocenters. The van der Waals surface area contributed by atoms with Crippen LogP contribution >= 0.6 is 0 Å². The first-order chi connectivity index (χ1) is 8.12. The third-order valence-electron chi connectivity index (χ3n) is 4.35. The summed E-state index contributed by atoms with van der Waals surface area (Å²) in [6.45, 7) is 10.7. The Labute approximate surface area is 109 Å². The van der Waals surface area contributed by atoms with Gasteiger partial charge in [-0.2, -0.15) is 0 Å². The Kier molecular flexibility index (Phi) is 6.54. The predicted molar refractivity (Wildman–Crippen MR) is 77.3 cm³/mol. The molecule has 0 saturated carbocycles. The van der Waals surface area contributed by atoms with Crippen LogP contribution in [0.25, 0.3) is 0 Å². The van der Waals surface area contributed by atoms with E-state index in [2.05, 4.69) is 33.0 Å². The van der Waals surface area contributed by atoms with E-state index >= 15 is 0 Å². The molecule has 17 heavy (non-hydrogen) atoms. The van der Waals surface area contributed by atoms with Crippen molar-refractivity contribution in [2.75, 3.05) is 6.54 Å². The minimum Gasteiger partial charge on any atom is -0.311 e. The van der Waals surface area contributed by atoms with Crippen LogP contribution in [0.4, 0.5) is 0 Å². The summed E-state index contributed by atoms with van der Waals surface area (Å²) in [5, 5.41) is 3.84. The zero-order chi connectivity index (χ0) is 12.7. The summed E-state index contributed by atoms with van der Waals surface area (Å²) in [6.07, 6.45) is 11.1. The molecule has 1 aliphatic rings. The van der Waals surface area contributed by atoms with Gasteiger partial charge in [0.25, 0.3) is 0 Å². The Balaban J connectivity index is 2.51. The summed E-state index contributed by atoms with van der Waals surface area (Å²) in [5.74, 6) is 1.77. The highest BCUT2D eigenvalue weighted by molar-refractivity contribution is 4.95. The molecule has 0 aromatic carbocycles. The van der Waals surface area contributed by atoms with Crippen LogP contribution in [-0.4, -0.2) is 12.1 Å². The molecule has 0 amide bonds. The maximum absolute atomic E-state index is 3.84. The van der Waals surface area contributed by atoms with Crippen LogP contribution in [0.2, 0.25) is 0 Å². The van der Waals surface area contributed by atoms with Crippen LogP contribution in [-0.2, 0) is 0 Å². The van der Waals surface area contributed by atoms with Gasteiger partial charge >= 0.3 is 0 Å². The van der Waals surface area contributed by atoms with Gasteiger partial charge in [0, 0.05) is 5.54 Å². The van der Waals surface area contributed by atoms with Gasteiger partial charge in [-0.05, 0) is 44.1 Å². The molecule has 0 spiro atoms. The Morgan fingerprint density at radius 2 is 1.94 bits per heavy atom. The van der Waals surface area contributed by atoms with Crippen LogP contribution in [0.1, 0.15) is 79.1 Å². The molecular weight excluding hydrogens is 206 g/mol. The Hall–Kier alpha value is -0.0400. The van der Waals surface area contributed by atoms with Gasteiger partial charge in [-0.25, -0.2) is 0 Å². The van der Waals surface area contributed by atoms with E-state index in [4.69, 9.17) is 0 Å². The highest BCUT2D eigenvalue weighted by atomic mass is 15.0. The molecule has 0 aromatic heterocycles. The van der Waals surface area contributed by atoms with Crippen molar-refractivity contribution < 1.29 is 0 Å². The minimum atomic E-state index is 0.489. The van der Waals surface area contributed by atoms with Crippen LogP contribution in [0.5, 0.6) is 0 Å². The summed E-state index contributed by atoms with van der Waals surface area (Å²) in [7, 11) is 0. The van der Waals surface area contributed by atoms with Gasteiger partial charge in [0.15, 0.2) is 0 Å². The fourth-order valence-corrected chi connectivity index (χ4v) is 3.58. The van der Waals surface area contributed by atoms with Crippen molar-refractivity contribution in [3.05, 3.63) is 0 Å². The lowest BCUT2D eigenvalue weighted by Crippen LogP contribution is -2.42. The van der Waals surface area contributed by atoms with E-state index in [9.17, 15) is 0 Å². The molecular formula is C16H33N. The van der Waals surface area contributed by atoms with Gasteiger partial charge in [0.2, 0.25) is 0 Å². The zero-order valence-corrected chi connectivity index (χ0v) is 12.5. The molecule has 1 saturated heterocycles. The van der Waals surface area contributed by atoms with Crippen molar-refractivity contribution >= 4 is 0 Å². The molecule has 0 aromatic rings. The van der Waals surface area contributed by atoms with Crippen molar-refractivity contribution in [1.82, 2.24) is 5.32 Å². The standard InChI is InChI=1S/C16H33N/c1-5-7-9-15(6-2)13-16(12-14(3)4)10-8-11-17-16/h14-15,17H,5-13H2,1-4H3. The highest BCUT2D eigenvalue weighted by Crippen LogP contribution is 2.35. The maximum atomic E-state index is 3.84. The van der Waals surface area contributed by atoms with Gasteiger partial charge in [-0.1, -0.05) is 53.4 Å². The van der Waals surface area contributed by atoms with Crippen molar-refractivity contribution in [2.45, 2.75) is 84.6 Å². The highest BCUT2D eigenvalue weighted by Gasteiger charge is 2.35. The lowest BCUT2D eigenvalue weighted by atomic mass is 9.78. The molecule has 0 aliphatic carbocycles. The van der Waals surface area contributed by atoms with Crippen molar-refractivity contribution in [3.63, 3.8) is 0 Å². The molecule has 1 fully saturated rings. The van der Waals surface area contributed by atoms with E-state index in [0.717, 1.165) is 11.8 Å². The average molecular weight is 239 g/mol. The lowest BCUT2D eigenvalue weighted by molar-refractivity contribution is 0.227. The normalized spacial score (nSPS) is 26.6. The lowest BCUT2D eigenvalue weighted by Gasteiger charge is -2.35. The van der Waals surface area contributed by atoms with E-state index in [0.29, 0.717) is 5.54 Å². The molecule has 1 nitrogen and oxygen atoms in total. The quantitative estimate of drug-likeness (QED) is 0.644. The van der Waals surface area contributed by atoms with E-state index in [1.54, 1.807) is 0 Å². The molecule has 102 valence electrons. The number of hydrogen-bond donors (Lipinski definition) is 1. The van der Waals surface area contributed by atoms with E-state index in [-0.39, 0.29) is 0 Å². The van der Waals surface area contributed by atoms with Gasteiger partial charge in [-0.3, -0.25) is 0 Å². The smallest absolute Gasteiger partial charge is 0.0187 e. The first-order valence-electron chi connectivity index (χ1n) is 7.87. The fourth-order valence-electron chi connectivity index (χ4n) is 3.58. The first kappa shape index (κ1) is 15.0. The van der Waals surface area contributed by atoms with Gasteiger partial charge in [0.05, 0.1) is 0 Å². The SMILES string of the molecule is CCCCC(CC)CC1(CC(C)C)CCCN1. The van der Waals surface area contributed by atoms with Crippen LogP contribution in [0, 0.1) is 11.8 Å². The fraction of sp³-hybridized carbons (Fsp3) is 1.00. The van der Waals surface area contributed by atoms with Crippen molar-refractivity contribution in [3.8, 4) is 0 Å². The third-order valence-corrected chi connectivity index (χ3v) is 4.35. The number of rotatable bonds is 8. The summed E-state index contributed by atoms with van der Waals surface area (Å²) in [6, 6.07) is 0. The monoisotopic (exact) mass is 239 g/mol. The first-order valence-corrected chi connectivity index (χ1v) is 7.87. The second-order valence-corrected chi connectivity index (χ2v) is 6.53. The Morgan fingerprint density at radius 3 is 2.41 bits per heavy atom. The maximum Gasteiger partial charge on any atom is 0.0187 e. The molecule has 1 rings (SSSR count). The zero-order valence-electron chi connectivity index (χ0n) is 12.5. The second kappa shape index (κ2) is 7.41. The average Bonchev–Trinajstić information content (AvgIpc) is 2.72. The minimum absolute atomic E-state index is 0.489. The van der Waals surface area contributed by atoms with Gasteiger partial charge < -0.3 is 5.32 Å². The van der Waals surface area contributed by atoms with E-state index < -0.39 is 0 Å². The van der Waals surface area contributed by atoms with Crippen LogP contribution in [0.3, 0.4) is 0 Å². The van der Waals surface area contributed by atoms with Gasteiger partial charge in [-0.15, -0.1) is 0 Å². The van der Waals surface area contributed by atoms with Gasteiger partial charge in [0.1, 0.15) is 0 Å². The molecule has 1 aliphatic heterocycles. The summed E-state index contributed by atoms with van der Waals surface area (Å²) in [5.41, 5.74) is 0.489. The van der Waals surface area contributed by atoms with Crippen molar-refractivity contribution in [2.24, 2.45) is 11.8 Å². The molecule has 1 heteroatoms. The largest absolute Gasteiger partial charge is 0.311 e. The Morgan fingerprint density at radius 1 is 1.18 bits per heavy atom.